The average molecular weight is 225 g/mol. The number of hydrogen-bond donors (Lipinski definition) is 1. The highest BCUT2D eigenvalue weighted by Gasteiger charge is 1.95. The van der Waals surface area contributed by atoms with Crippen LogP contribution in [-0.2, 0) is 0 Å². The molecule has 1 heterocycles. The van der Waals surface area contributed by atoms with Crippen LogP contribution in [0.1, 0.15) is 6.92 Å². The number of pyridine rings is 1. The van der Waals surface area contributed by atoms with Gasteiger partial charge in [0.15, 0.2) is 0 Å². The summed E-state index contributed by atoms with van der Waals surface area (Å²) in [5.74, 6) is 6.54. The van der Waals surface area contributed by atoms with Crippen molar-refractivity contribution in [3.05, 3.63) is 22.8 Å². The Kier molecular flexibility index (Phi) is 3.62. The summed E-state index contributed by atoms with van der Waals surface area (Å²) < 4.78 is 0.961. The van der Waals surface area contributed by atoms with E-state index in [-0.39, 0.29) is 0 Å². The van der Waals surface area contributed by atoms with Crippen molar-refractivity contribution in [2.75, 3.05) is 11.9 Å². The molecule has 0 amide bonds. The maximum absolute atomic E-state index is 4.12. The van der Waals surface area contributed by atoms with E-state index in [4.69, 9.17) is 0 Å². The predicted octanol–water partition coefficient (Wildman–Crippen LogP) is 2.28. The maximum Gasteiger partial charge on any atom is 0.141 e. The van der Waals surface area contributed by atoms with Gasteiger partial charge in [-0.2, -0.15) is 0 Å². The Morgan fingerprint density at radius 1 is 1.67 bits per heavy atom. The largest absolute Gasteiger partial charge is 0.358 e. The normalized spacial score (nSPS) is 8.50. The molecule has 0 aliphatic heterocycles. The van der Waals surface area contributed by atoms with E-state index < -0.39 is 0 Å². The van der Waals surface area contributed by atoms with Crippen molar-refractivity contribution < 1.29 is 0 Å². The van der Waals surface area contributed by atoms with Gasteiger partial charge >= 0.3 is 0 Å². The molecule has 3 heteroatoms. The zero-order valence-corrected chi connectivity index (χ0v) is 8.35. The van der Waals surface area contributed by atoms with Crippen molar-refractivity contribution in [3.8, 4) is 11.8 Å². The van der Waals surface area contributed by atoms with E-state index >= 15 is 0 Å². The molecule has 0 aliphatic carbocycles. The van der Waals surface area contributed by atoms with Crippen molar-refractivity contribution in [3.63, 3.8) is 0 Å². The van der Waals surface area contributed by atoms with Gasteiger partial charge in [-0.1, -0.05) is 5.92 Å². The Balaban J connectivity index is 2.61. The first kappa shape index (κ1) is 9.08. The molecule has 0 fully saturated rings. The van der Waals surface area contributed by atoms with Crippen LogP contribution < -0.4 is 5.32 Å². The van der Waals surface area contributed by atoms with Crippen molar-refractivity contribution in [2.24, 2.45) is 0 Å². The lowest BCUT2D eigenvalue weighted by Crippen LogP contribution is -2.00. The quantitative estimate of drug-likeness (QED) is 0.781. The fourth-order valence-electron chi connectivity index (χ4n) is 0.732. The van der Waals surface area contributed by atoms with Crippen LogP contribution in [0.4, 0.5) is 5.82 Å². The molecule has 1 aromatic rings. The van der Waals surface area contributed by atoms with Gasteiger partial charge in [-0.05, 0) is 35.0 Å². The van der Waals surface area contributed by atoms with Gasteiger partial charge < -0.3 is 5.32 Å². The average Bonchev–Trinajstić information content (AvgIpc) is 2.09. The monoisotopic (exact) mass is 224 g/mol. The molecule has 0 aromatic carbocycles. The standard InChI is InChI=1S/C9H9BrN2/c1-2-3-6-11-9-8(10)5-4-7-12-9/h4-5,7H,6H2,1H3,(H,11,12). The highest BCUT2D eigenvalue weighted by atomic mass is 79.9. The van der Waals surface area contributed by atoms with E-state index in [0.717, 1.165) is 10.3 Å². The molecule has 62 valence electrons. The van der Waals surface area contributed by atoms with E-state index in [2.05, 4.69) is 38.1 Å². The molecule has 1 rings (SSSR count). The Morgan fingerprint density at radius 3 is 3.17 bits per heavy atom. The van der Waals surface area contributed by atoms with Gasteiger partial charge in [0.05, 0.1) is 11.0 Å². The number of nitrogens with one attached hydrogen (secondary N) is 1. The van der Waals surface area contributed by atoms with Gasteiger partial charge in [0.25, 0.3) is 0 Å². The number of nitrogens with zero attached hydrogens (tertiary/aromatic N) is 1. The Bertz CT molecular complexity index is 312. The minimum Gasteiger partial charge on any atom is -0.358 e. The summed E-state index contributed by atoms with van der Waals surface area (Å²) in [5, 5.41) is 3.08. The molecule has 2 nitrogen and oxygen atoms in total. The topological polar surface area (TPSA) is 24.9 Å². The van der Waals surface area contributed by atoms with Crippen LogP contribution in [0.25, 0.3) is 0 Å². The summed E-state index contributed by atoms with van der Waals surface area (Å²) >= 11 is 3.38. The zero-order chi connectivity index (χ0) is 8.81. The van der Waals surface area contributed by atoms with Crippen LogP contribution in [0.3, 0.4) is 0 Å². The lowest BCUT2D eigenvalue weighted by Gasteiger charge is -2.01. The lowest BCUT2D eigenvalue weighted by atomic mass is 10.4. The molecule has 0 aliphatic rings. The van der Waals surface area contributed by atoms with Crippen LogP contribution in [0.15, 0.2) is 22.8 Å². The minimum atomic E-state index is 0.631. The van der Waals surface area contributed by atoms with E-state index in [1.807, 2.05) is 19.1 Å². The molecule has 0 unspecified atom stereocenters. The fraction of sp³-hybridized carbons (Fsp3) is 0.222. The lowest BCUT2D eigenvalue weighted by molar-refractivity contribution is 1.23. The zero-order valence-electron chi connectivity index (χ0n) is 6.76. The smallest absolute Gasteiger partial charge is 0.141 e. The summed E-state index contributed by atoms with van der Waals surface area (Å²) in [4.78, 5) is 4.12. The molecule has 1 N–H and O–H groups in total. The van der Waals surface area contributed by atoms with Crippen molar-refractivity contribution in [2.45, 2.75) is 6.92 Å². The van der Waals surface area contributed by atoms with Gasteiger partial charge in [0.2, 0.25) is 0 Å². The third-order valence-corrected chi connectivity index (χ3v) is 1.92. The number of halogens is 1. The summed E-state index contributed by atoms with van der Waals surface area (Å²) in [5.41, 5.74) is 0. The third-order valence-electron chi connectivity index (χ3n) is 1.28. The second-order valence-corrected chi connectivity index (χ2v) is 2.97. The molecule has 0 saturated heterocycles. The second kappa shape index (κ2) is 4.78. The molecule has 0 radical (unpaired) electrons. The summed E-state index contributed by atoms with van der Waals surface area (Å²) in [6, 6.07) is 3.81. The summed E-state index contributed by atoms with van der Waals surface area (Å²) in [6.45, 7) is 2.45. The number of hydrogen-bond acceptors (Lipinski definition) is 2. The van der Waals surface area contributed by atoms with Crippen LogP contribution in [0.2, 0.25) is 0 Å². The third kappa shape index (κ3) is 2.55. The van der Waals surface area contributed by atoms with E-state index in [1.54, 1.807) is 6.20 Å². The molecule has 1 aromatic heterocycles. The Morgan fingerprint density at radius 2 is 2.50 bits per heavy atom. The van der Waals surface area contributed by atoms with Crippen molar-refractivity contribution >= 4 is 21.7 Å². The number of rotatable bonds is 2. The van der Waals surface area contributed by atoms with Gasteiger partial charge in [-0.15, -0.1) is 5.92 Å². The molecule has 0 spiro atoms. The Labute approximate surface area is 80.5 Å². The SMILES string of the molecule is CC#CCNc1ncccc1Br. The predicted molar refractivity (Wildman–Crippen MR) is 53.9 cm³/mol. The van der Waals surface area contributed by atoms with Gasteiger partial charge in [0, 0.05) is 6.20 Å². The minimum absolute atomic E-state index is 0.631. The van der Waals surface area contributed by atoms with Crippen LogP contribution in [0.5, 0.6) is 0 Å². The van der Waals surface area contributed by atoms with Crippen LogP contribution in [-0.4, -0.2) is 11.5 Å². The van der Waals surface area contributed by atoms with E-state index in [0.29, 0.717) is 6.54 Å². The molecular weight excluding hydrogens is 216 g/mol. The molecule has 0 atom stereocenters. The first-order chi connectivity index (χ1) is 5.84. The molecular formula is C9H9BrN2. The van der Waals surface area contributed by atoms with Gasteiger partial charge in [-0.25, -0.2) is 4.98 Å². The molecule has 0 bridgehead atoms. The fourth-order valence-corrected chi connectivity index (χ4v) is 1.13. The molecule has 0 saturated carbocycles. The van der Waals surface area contributed by atoms with Crippen LogP contribution in [0, 0.1) is 11.8 Å². The first-order valence-corrected chi connectivity index (χ1v) is 4.38. The number of aromatic nitrogens is 1. The van der Waals surface area contributed by atoms with Gasteiger partial charge in [-0.3, -0.25) is 0 Å². The summed E-state index contributed by atoms with van der Waals surface area (Å²) in [6.07, 6.45) is 1.74. The maximum atomic E-state index is 4.12. The number of anilines is 1. The molecule has 12 heavy (non-hydrogen) atoms. The van der Waals surface area contributed by atoms with Crippen molar-refractivity contribution in [1.82, 2.24) is 4.98 Å². The Hall–Kier alpha value is -1.01. The van der Waals surface area contributed by atoms with Gasteiger partial charge in [0.1, 0.15) is 5.82 Å². The van der Waals surface area contributed by atoms with Crippen LogP contribution >= 0.6 is 15.9 Å². The highest BCUT2D eigenvalue weighted by molar-refractivity contribution is 9.10. The van der Waals surface area contributed by atoms with Crippen molar-refractivity contribution in [1.29, 1.82) is 0 Å². The van der Waals surface area contributed by atoms with E-state index in [1.165, 1.54) is 0 Å². The summed E-state index contributed by atoms with van der Waals surface area (Å²) in [7, 11) is 0. The first-order valence-electron chi connectivity index (χ1n) is 3.58. The second-order valence-electron chi connectivity index (χ2n) is 2.11. The highest BCUT2D eigenvalue weighted by Crippen LogP contribution is 2.17. The van der Waals surface area contributed by atoms with E-state index in [9.17, 15) is 0 Å².